The van der Waals surface area contributed by atoms with E-state index in [9.17, 15) is 0 Å². The largest absolute Gasteiger partial charge is 0.233 e. The van der Waals surface area contributed by atoms with Gasteiger partial charge in [0, 0.05) is 0 Å². The van der Waals surface area contributed by atoms with E-state index >= 15 is 0 Å². The SMILES string of the molecule is C(=C1/CCc2cnn(-c3ccc4ccccc4c3)c21)/c1ccccc1. The van der Waals surface area contributed by atoms with E-state index in [4.69, 9.17) is 0 Å². The second-order valence-electron chi connectivity index (χ2n) is 6.54. The van der Waals surface area contributed by atoms with Gasteiger partial charge in [-0.3, -0.25) is 0 Å². The third-order valence-corrected chi connectivity index (χ3v) is 4.93. The van der Waals surface area contributed by atoms with Gasteiger partial charge < -0.3 is 0 Å². The van der Waals surface area contributed by atoms with Gasteiger partial charge in [-0.05, 0) is 58.5 Å². The smallest absolute Gasteiger partial charge is 0.0733 e. The highest BCUT2D eigenvalue weighted by Gasteiger charge is 2.22. The van der Waals surface area contributed by atoms with Crippen molar-refractivity contribution in [3.8, 4) is 5.69 Å². The van der Waals surface area contributed by atoms with Crippen LogP contribution in [0, 0.1) is 0 Å². The zero-order valence-corrected chi connectivity index (χ0v) is 13.9. The lowest BCUT2D eigenvalue weighted by atomic mass is 10.1. The fraction of sp³-hybridized carbons (Fsp3) is 0.0870. The van der Waals surface area contributed by atoms with Crippen molar-refractivity contribution in [3.63, 3.8) is 0 Å². The van der Waals surface area contributed by atoms with Crippen molar-refractivity contribution < 1.29 is 0 Å². The first kappa shape index (κ1) is 14.2. The Morgan fingerprint density at radius 2 is 1.60 bits per heavy atom. The second-order valence-corrected chi connectivity index (χ2v) is 6.54. The Balaban J connectivity index is 1.64. The monoisotopic (exact) mass is 322 g/mol. The maximum Gasteiger partial charge on any atom is 0.0733 e. The van der Waals surface area contributed by atoms with E-state index in [1.165, 1.54) is 33.2 Å². The number of rotatable bonds is 2. The average molecular weight is 322 g/mol. The molecule has 0 amide bonds. The highest BCUT2D eigenvalue weighted by atomic mass is 15.3. The summed E-state index contributed by atoms with van der Waals surface area (Å²) in [5.74, 6) is 0. The number of fused-ring (bicyclic) bond motifs is 2. The van der Waals surface area contributed by atoms with Crippen molar-refractivity contribution in [1.82, 2.24) is 9.78 Å². The molecule has 0 N–H and O–H groups in total. The van der Waals surface area contributed by atoms with Gasteiger partial charge in [0.15, 0.2) is 0 Å². The third kappa shape index (κ3) is 2.47. The first-order valence-corrected chi connectivity index (χ1v) is 8.70. The summed E-state index contributed by atoms with van der Waals surface area (Å²) in [5, 5.41) is 7.19. The standard InChI is InChI=1S/C23H18N2/c1-2-6-17(7-3-1)14-20-10-11-21-16-24-25(23(20)21)22-13-12-18-8-4-5-9-19(18)15-22/h1-9,12-16H,10-11H2/b20-14+. The van der Waals surface area contributed by atoms with Gasteiger partial charge in [-0.2, -0.15) is 5.10 Å². The van der Waals surface area contributed by atoms with Crippen LogP contribution in [0.25, 0.3) is 28.1 Å². The molecule has 4 aromatic rings. The molecule has 1 aromatic heterocycles. The van der Waals surface area contributed by atoms with Crippen LogP contribution >= 0.6 is 0 Å². The quantitative estimate of drug-likeness (QED) is 0.475. The molecule has 1 heterocycles. The predicted molar refractivity (Wildman–Crippen MR) is 104 cm³/mol. The fourth-order valence-corrected chi connectivity index (χ4v) is 3.69. The molecule has 5 rings (SSSR count). The van der Waals surface area contributed by atoms with E-state index in [1.54, 1.807) is 0 Å². The first-order valence-electron chi connectivity index (χ1n) is 8.70. The van der Waals surface area contributed by atoms with E-state index in [0.29, 0.717) is 0 Å². The fourth-order valence-electron chi connectivity index (χ4n) is 3.69. The molecule has 0 saturated heterocycles. The van der Waals surface area contributed by atoms with Crippen molar-refractivity contribution in [2.24, 2.45) is 0 Å². The molecule has 1 aliphatic carbocycles. The molecule has 0 saturated carbocycles. The van der Waals surface area contributed by atoms with Gasteiger partial charge in [-0.1, -0.05) is 60.7 Å². The van der Waals surface area contributed by atoms with Gasteiger partial charge in [0.1, 0.15) is 0 Å². The summed E-state index contributed by atoms with van der Waals surface area (Å²) in [6.45, 7) is 0. The number of allylic oxidation sites excluding steroid dienone is 1. The summed E-state index contributed by atoms with van der Waals surface area (Å²) in [4.78, 5) is 0. The van der Waals surface area contributed by atoms with Crippen LogP contribution in [0.2, 0.25) is 0 Å². The molecule has 0 atom stereocenters. The molecule has 0 unspecified atom stereocenters. The highest BCUT2D eigenvalue weighted by Crippen LogP contribution is 2.35. The van der Waals surface area contributed by atoms with Crippen LogP contribution in [-0.4, -0.2) is 9.78 Å². The van der Waals surface area contributed by atoms with E-state index in [1.807, 2.05) is 6.20 Å². The molecular formula is C23H18N2. The summed E-state index contributed by atoms with van der Waals surface area (Å²) in [6.07, 6.45) is 6.47. The Labute approximate surface area is 147 Å². The molecule has 0 spiro atoms. The van der Waals surface area contributed by atoms with Crippen molar-refractivity contribution in [1.29, 1.82) is 0 Å². The molecule has 0 radical (unpaired) electrons. The molecule has 0 aliphatic heterocycles. The Bertz CT molecular complexity index is 1090. The van der Waals surface area contributed by atoms with Gasteiger partial charge >= 0.3 is 0 Å². The van der Waals surface area contributed by atoms with Crippen LogP contribution < -0.4 is 0 Å². The van der Waals surface area contributed by atoms with Crippen LogP contribution in [0.3, 0.4) is 0 Å². The molecule has 0 fully saturated rings. The van der Waals surface area contributed by atoms with Crippen molar-refractivity contribution >= 4 is 22.4 Å². The summed E-state index contributed by atoms with van der Waals surface area (Å²) in [7, 11) is 0. The average Bonchev–Trinajstić information content (AvgIpc) is 3.25. The van der Waals surface area contributed by atoms with E-state index in [2.05, 4.69) is 88.7 Å². The number of aromatic nitrogens is 2. The topological polar surface area (TPSA) is 17.8 Å². The molecule has 2 heteroatoms. The molecule has 120 valence electrons. The maximum absolute atomic E-state index is 4.68. The lowest BCUT2D eigenvalue weighted by Crippen LogP contribution is -2.00. The molecule has 0 bridgehead atoms. The number of benzene rings is 3. The van der Waals surface area contributed by atoms with Crippen molar-refractivity contribution in [3.05, 3.63) is 95.8 Å². The summed E-state index contributed by atoms with van der Waals surface area (Å²) in [6, 6.07) is 25.6. The number of hydrogen-bond donors (Lipinski definition) is 0. The van der Waals surface area contributed by atoms with Gasteiger partial charge in [-0.15, -0.1) is 0 Å². The van der Waals surface area contributed by atoms with Crippen LogP contribution in [0.1, 0.15) is 23.2 Å². The predicted octanol–water partition coefficient (Wildman–Crippen LogP) is 5.51. The van der Waals surface area contributed by atoms with Gasteiger partial charge in [0.05, 0.1) is 17.6 Å². The normalized spacial score (nSPS) is 15.0. The zero-order chi connectivity index (χ0) is 16.6. The minimum Gasteiger partial charge on any atom is -0.233 e. The summed E-state index contributed by atoms with van der Waals surface area (Å²) >= 11 is 0. The van der Waals surface area contributed by atoms with Crippen molar-refractivity contribution in [2.45, 2.75) is 12.8 Å². The van der Waals surface area contributed by atoms with Crippen LogP contribution in [0.5, 0.6) is 0 Å². The summed E-state index contributed by atoms with van der Waals surface area (Å²) in [5.41, 5.74) is 6.35. The van der Waals surface area contributed by atoms with Gasteiger partial charge in [-0.25, -0.2) is 4.68 Å². The minimum absolute atomic E-state index is 1.07. The minimum atomic E-state index is 1.07. The molecule has 3 aromatic carbocycles. The van der Waals surface area contributed by atoms with Crippen LogP contribution in [-0.2, 0) is 6.42 Å². The lowest BCUT2D eigenvalue weighted by Gasteiger charge is -2.09. The molecule has 25 heavy (non-hydrogen) atoms. The highest BCUT2D eigenvalue weighted by molar-refractivity contribution is 5.86. The van der Waals surface area contributed by atoms with Gasteiger partial charge in [0.2, 0.25) is 0 Å². The van der Waals surface area contributed by atoms with Crippen LogP contribution in [0.15, 0.2) is 79.0 Å². The number of nitrogens with zero attached hydrogens (tertiary/aromatic N) is 2. The Hall–Kier alpha value is -3.13. The molecule has 1 aliphatic rings. The molecular weight excluding hydrogens is 304 g/mol. The Kier molecular flexibility index (Phi) is 3.27. The lowest BCUT2D eigenvalue weighted by molar-refractivity contribution is 0.866. The van der Waals surface area contributed by atoms with Crippen LogP contribution in [0.4, 0.5) is 0 Å². The Morgan fingerprint density at radius 1 is 0.800 bits per heavy atom. The van der Waals surface area contributed by atoms with E-state index in [0.717, 1.165) is 18.5 Å². The first-order chi connectivity index (χ1) is 12.4. The van der Waals surface area contributed by atoms with Crippen molar-refractivity contribution in [2.75, 3.05) is 0 Å². The summed E-state index contributed by atoms with van der Waals surface area (Å²) < 4.78 is 2.10. The number of aryl methyl sites for hydroxylation is 1. The molecule has 2 nitrogen and oxygen atoms in total. The van der Waals surface area contributed by atoms with E-state index in [-0.39, 0.29) is 0 Å². The second kappa shape index (κ2) is 5.75. The maximum atomic E-state index is 4.68. The number of hydrogen-bond acceptors (Lipinski definition) is 1. The Morgan fingerprint density at radius 3 is 2.48 bits per heavy atom. The van der Waals surface area contributed by atoms with Gasteiger partial charge in [0.25, 0.3) is 0 Å². The zero-order valence-electron chi connectivity index (χ0n) is 13.9. The van der Waals surface area contributed by atoms with E-state index < -0.39 is 0 Å². The third-order valence-electron chi connectivity index (χ3n) is 4.93.